The van der Waals surface area contributed by atoms with Crippen LogP contribution in [0.25, 0.3) is 22.4 Å². The molecule has 5 aromatic rings. The van der Waals surface area contributed by atoms with Crippen molar-refractivity contribution in [2.24, 2.45) is 0 Å². The van der Waals surface area contributed by atoms with Crippen molar-refractivity contribution in [3.8, 4) is 11.4 Å². The second kappa shape index (κ2) is 6.66. The minimum atomic E-state index is 0.121. The van der Waals surface area contributed by atoms with E-state index in [0.717, 1.165) is 22.3 Å². The highest BCUT2D eigenvalue weighted by Gasteiger charge is 2.14. The SMILES string of the molecule is CC(c1ccccc1)n1cc(Nc2nc(-c3ccoc3)nc3cn[nH]c23)cn1. The minimum Gasteiger partial charge on any atom is -0.472 e. The van der Waals surface area contributed by atoms with Crippen LogP contribution in [-0.2, 0) is 0 Å². The summed E-state index contributed by atoms with van der Waals surface area (Å²) in [5.74, 6) is 1.20. The van der Waals surface area contributed by atoms with Crippen molar-refractivity contribution >= 4 is 22.5 Å². The fourth-order valence-corrected chi connectivity index (χ4v) is 3.09. The summed E-state index contributed by atoms with van der Waals surface area (Å²) < 4.78 is 7.07. The number of fused-ring (bicyclic) bond motifs is 1. The summed E-state index contributed by atoms with van der Waals surface area (Å²) in [6, 6.07) is 12.2. The summed E-state index contributed by atoms with van der Waals surface area (Å²) in [6.07, 6.45) is 8.62. The third kappa shape index (κ3) is 2.90. The zero-order valence-electron chi connectivity index (χ0n) is 15.1. The van der Waals surface area contributed by atoms with Crippen molar-refractivity contribution in [3.05, 3.63) is 73.1 Å². The summed E-state index contributed by atoms with van der Waals surface area (Å²) in [5, 5.41) is 14.9. The Kier molecular flexibility index (Phi) is 3.86. The number of furan rings is 1. The third-order valence-corrected chi connectivity index (χ3v) is 4.62. The van der Waals surface area contributed by atoms with Gasteiger partial charge < -0.3 is 9.73 Å². The van der Waals surface area contributed by atoms with Gasteiger partial charge in [-0.3, -0.25) is 9.78 Å². The Hall–Kier alpha value is -3.94. The summed E-state index contributed by atoms with van der Waals surface area (Å²) in [4.78, 5) is 9.16. The number of hydrogen-bond acceptors (Lipinski definition) is 6. The van der Waals surface area contributed by atoms with E-state index < -0.39 is 0 Å². The predicted octanol–water partition coefficient (Wildman–Crippen LogP) is 4.16. The Morgan fingerprint density at radius 2 is 2.00 bits per heavy atom. The number of hydrogen-bond donors (Lipinski definition) is 2. The molecule has 28 heavy (non-hydrogen) atoms. The van der Waals surface area contributed by atoms with Crippen LogP contribution in [0.3, 0.4) is 0 Å². The molecular weight excluding hydrogens is 354 g/mol. The first-order chi connectivity index (χ1) is 13.8. The van der Waals surface area contributed by atoms with Gasteiger partial charge in [0, 0.05) is 6.20 Å². The number of benzene rings is 1. The highest BCUT2D eigenvalue weighted by Crippen LogP contribution is 2.26. The number of rotatable bonds is 5. The van der Waals surface area contributed by atoms with Gasteiger partial charge in [-0.05, 0) is 18.6 Å². The predicted molar refractivity (Wildman–Crippen MR) is 105 cm³/mol. The molecule has 4 aromatic heterocycles. The maximum absolute atomic E-state index is 5.16. The molecule has 8 heteroatoms. The van der Waals surface area contributed by atoms with Gasteiger partial charge in [0.25, 0.3) is 0 Å². The zero-order valence-corrected chi connectivity index (χ0v) is 15.1. The molecule has 0 amide bonds. The van der Waals surface area contributed by atoms with Gasteiger partial charge in [-0.15, -0.1) is 0 Å². The highest BCUT2D eigenvalue weighted by atomic mass is 16.3. The van der Waals surface area contributed by atoms with Crippen LogP contribution in [0.15, 0.2) is 71.9 Å². The lowest BCUT2D eigenvalue weighted by atomic mass is 10.1. The van der Waals surface area contributed by atoms with E-state index in [2.05, 4.69) is 49.6 Å². The molecule has 5 rings (SSSR count). The third-order valence-electron chi connectivity index (χ3n) is 4.62. The number of aromatic nitrogens is 6. The van der Waals surface area contributed by atoms with Crippen molar-refractivity contribution in [3.63, 3.8) is 0 Å². The Balaban J connectivity index is 1.48. The quantitative estimate of drug-likeness (QED) is 0.481. The Labute approximate surface area is 160 Å². The highest BCUT2D eigenvalue weighted by molar-refractivity contribution is 5.88. The Bertz CT molecular complexity index is 1210. The first-order valence-electron chi connectivity index (χ1n) is 8.88. The molecule has 0 saturated heterocycles. The summed E-state index contributed by atoms with van der Waals surface area (Å²) in [6.45, 7) is 2.11. The van der Waals surface area contributed by atoms with Crippen molar-refractivity contribution in [2.75, 3.05) is 5.32 Å². The van der Waals surface area contributed by atoms with Crippen molar-refractivity contribution in [2.45, 2.75) is 13.0 Å². The average molecular weight is 371 g/mol. The van der Waals surface area contributed by atoms with Gasteiger partial charge >= 0.3 is 0 Å². The molecule has 2 N–H and O–H groups in total. The summed E-state index contributed by atoms with van der Waals surface area (Å²) in [5.41, 5.74) is 4.28. The van der Waals surface area contributed by atoms with Crippen molar-refractivity contribution in [1.29, 1.82) is 0 Å². The van der Waals surface area contributed by atoms with Crippen LogP contribution in [-0.4, -0.2) is 29.9 Å². The van der Waals surface area contributed by atoms with Crippen LogP contribution in [0.2, 0.25) is 0 Å². The zero-order chi connectivity index (χ0) is 18.9. The standard InChI is InChI=1S/C20H17N7O/c1-13(14-5-3-2-4-6-14)27-11-16(9-22-27)23-20-18-17(10-21-26-18)24-19(25-20)15-7-8-28-12-15/h2-13H,1H3,(H,21,26)(H,23,24,25). The van der Waals surface area contributed by atoms with E-state index in [1.54, 1.807) is 24.9 Å². The van der Waals surface area contributed by atoms with E-state index in [1.807, 2.05) is 35.1 Å². The molecule has 0 aliphatic carbocycles. The van der Waals surface area contributed by atoms with E-state index >= 15 is 0 Å². The van der Waals surface area contributed by atoms with E-state index in [-0.39, 0.29) is 6.04 Å². The molecule has 0 saturated carbocycles. The maximum Gasteiger partial charge on any atom is 0.165 e. The molecule has 0 bridgehead atoms. The number of nitrogens with one attached hydrogen (secondary N) is 2. The lowest BCUT2D eigenvalue weighted by Gasteiger charge is -2.12. The fraction of sp³-hybridized carbons (Fsp3) is 0.100. The van der Waals surface area contributed by atoms with Gasteiger partial charge in [-0.2, -0.15) is 10.2 Å². The summed E-state index contributed by atoms with van der Waals surface area (Å²) >= 11 is 0. The molecule has 0 aliphatic heterocycles. The second-order valence-electron chi connectivity index (χ2n) is 6.46. The maximum atomic E-state index is 5.16. The van der Waals surface area contributed by atoms with Crippen LogP contribution in [0.5, 0.6) is 0 Å². The lowest BCUT2D eigenvalue weighted by Crippen LogP contribution is -2.06. The average Bonchev–Trinajstić information content (AvgIpc) is 3.49. The lowest BCUT2D eigenvalue weighted by molar-refractivity contribution is 0.565. The second-order valence-corrected chi connectivity index (χ2v) is 6.46. The van der Waals surface area contributed by atoms with Gasteiger partial charge in [-0.1, -0.05) is 30.3 Å². The van der Waals surface area contributed by atoms with Gasteiger partial charge in [0.15, 0.2) is 11.6 Å². The molecule has 0 radical (unpaired) electrons. The van der Waals surface area contributed by atoms with Crippen molar-refractivity contribution < 1.29 is 4.42 Å². The van der Waals surface area contributed by atoms with Gasteiger partial charge in [0.05, 0.1) is 35.9 Å². The van der Waals surface area contributed by atoms with E-state index in [0.29, 0.717) is 11.6 Å². The van der Waals surface area contributed by atoms with Crippen LogP contribution < -0.4 is 5.32 Å². The number of H-pyrrole nitrogens is 1. The smallest absolute Gasteiger partial charge is 0.165 e. The molecule has 0 spiro atoms. The summed E-state index contributed by atoms with van der Waals surface area (Å²) in [7, 11) is 0. The molecule has 0 aliphatic rings. The fourth-order valence-electron chi connectivity index (χ4n) is 3.09. The molecule has 1 aromatic carbocycles. The Morgan fingerprint density at radius 1 is 1.11 bits per heavy atom. The largest absolute Gasteiger partial charge is 0.472 e. The van der Waals surface area contributed by atoms with Crippen LogP contribution >= 0.6 is 0 Å². The number of nitrogens with zero attached hydrogens (tertiary/aromatic N) is 5. The molecule has 4 heterocycles. The van der Waals surface area contributed by atoms with Crippen LogP contribution in [0, 0.1) is 0 Å². The monoisotopic (exact) mass is 371 g/mol. The first-order valence-corrected chi connectivity index (χ1v) is 8.88. The van der Waals surface area contributed by atoms with Gasteiger partial charge in [0.2, 0.25) is 0 Å². The molecular formula is C20H17N7O. The van der Waals surface area contributed by atoms with E-state index in [9.17, 15) is 0 Å². The van der Waals surface area contributed by atoms with Crippen LogP contribution in [0.4, 0.5) is 11.5 Å². The van der Waals surface area contributed by atoms with Gasteiger partial charge in [0.1, 0.15) is 17.3 Å². The molecule has 0 fully saturated rings. The Morgan fingerprint density at radius 3 is 2.82 bits per heavy atom. The molecule has 1 unspecified atom stereocenters. The molecule has 8 nitrogen and oxygen atoms in total. The van der Waals surface area contributed by atoms with E-state index in [4.69, 9.17) is 4.42 Å². The van der Waals surface area contributed by atoms with Crippen LogP contribution in [0.1, 0.15) is 18.5 Å². The first kappa shape index (κ1) is 16.2. The molecule has 138 valence electrons. The van der Waals surface area contributed by atoms with Crippen molar-refractivity contribution in [1.82, 2.24) is 29.9 Å². The number of aromatic amines is 1. The van der Waals surface area contributed by atoms with E-state index in [1.165, 1.54) is 5.56 Å². The minimum absolute atomic E-state index is 0.121. The number of anilines is 2. The topological polar surface area (TPSA) is 97.5 Å². The molecule has 1 atom stereocenters. The van der Waals surface area contributed by atoms with Gasteiger partial charge in [-0.25, -0.2) is 9.97 Å². The normalized spacial score (nSPS) is 12.3.